The molecule has 1 unspecified atom stereocenters. The molecule has 1 aliphatic heterocycles. The van der Waals surface area contributed by atoms with E-state index in [1.165, 1.54) is 0 Å². The van der Waals surface area contributed by atoms with Gasteiger partial charge in [-0.1, -0.05) is 5.16 Å². The van der Waals surface area contributed by atoms with E-state index >= 15 is 0 Å². The average Bonchev–Trinajstić information content (AvgIpc) is 3.28. The molecule has 4 rings (SSSR count). The third-order valence-corrected chi connectivity index (χ3v) is 4.76. The van der Waals surface area contributed by atoms with E-state index < -0.39 is 0 Å². The zero-order chi connectivity index (χ0) is 16.5. The first-order chi connectivity index (χ1) is 11.7. The highest BCUT2D eigenvalue weighted by atomic mass is 16.5. The molecule has 1 saturated heterocycles. The molecule has 128 valence electrons. The van der Waals surface area contributed by atoms with Gasteiger partial charge in [0.1, 0.15) is 6.61 Å². The van der Waals surface area contributed by atoms with Crippen molar-refractivity contribution in [2.75, 3.05) is 18.6 Å². The summed E-state index contributed by atoms with van der Waals surface area (Å²) in [4.78, 5) is 18.8. The summed E-state index contributed by atoms with van der Waals surface area (Å²) in [6, 6.07) is 2.39. The van der Waals surface area contributed by atoms with Gasteiger partial charge in [0, 0.05) is 19.7 Å². The van der Waals surface area contributed by atoms with Crippen LogP contribution < -0.4 is 10.5 Å². The monoisotopic (exact) mass is 331 g/mol. The van der Waals surface area contributed by atoms with Crippen molar-refractivity contribution in [3.63, 3.8) is 0 Å². The van der Waals surface area contributed by atoms with E-state index in [4.69, 9.17) is 9.26 Å². The predicted octanol–water partition coefficient (Wildman–Crippen LogP) is 0.930. The number of nitrogens with zero attached hydrogens (tertiary/aromatic N) is 5. The Morgan fingerprint density at radius 2 is 2.29 bits per heavy atom. The fourth-order valence-corrected chi connectivity index (χ4v) is 3.60. The summed E-state index contributed by atoms with van der Waals surface area (Å²) in [5, 5.41) is 8.49. The number of aryl methyl sites for hydroxylation is 2. The molecule has 2 aromatic rings. The summed E-state index contributed by atoms with van der Waals surface area (Å²) < 4.78 is 12.0. The molecular formula is C16H21N5O3. The highest BCUT2D eigenvalue weighted by Gasteiger charge is 2.30. The van der Waals surface area contributed by atoms with Gasteiger partial charge in [-0.3, -0.25) is 4.79 Å². The third kappa shape index (κ3) is 2.82. The van der Waals surface area contributed by atoms with Crippen molar-refractivity contribution in [1.29, 1.82) is 0 Å². The van der Waals surface area contributed by atoms with Crippen LogP contribution in [0.15, 0.2) is 15.4 Å². The second-order valence-corrected chi connectivity index (χ2v) is 6.41. The van der Waals surface area contributed by atoms with Crippen LogP contribution in [0.3, 0.4) is 0 Å². The second-order valence-electron chi connectivity index (χ2n) is 6.41. The molecule has 0 N–H and O–H groups in total. The minimum absolute atomic E-state index is 0.0203. The van der Waals surface area contributed by atoms with Crippen molar-refractivity contribution in [3.8, 4) is 0 Å². The van der Waals surface area contributed by atoms with Crippen molar-refractivity contribution < 1.29 is 9.26 Å². The molecule has 0 aromatic carbocycles. The maximum Gasteiger partial charge on any atom is 0.324 e. The Morgan fingerprint density at radius 3 is 3.17 bits per heavy atom. The van der Waals surface area contributed by atoms with E-state index in [-0.39, 0.29) is 11.6 Å². The van der Waals surface area contributed by atoms with Crippen molar-refractivity contribution in [3.05, 3.63) is 33.5 Å². The number of hydrogen-bond donors (Lipinski definition) is 0. The quantitative estimate of drug-likeness (QED) is 0.805. The summed E-state index contributed by atoms with van der Waals surface area (Å²) in [7, 11) is 1.60. The summed E-state index contributed by atoms with van der Waals surface area (Å²) in [6.45, 7) is 1.72. The van der Waals surface area contributed by atoms with Crippen LogP contribution >= 0.6 is 0 Å². The van der Waals surface area contributed by atoms with Gasteiger partial charge in [-0.2, -0.15) is 10.1 Å². The van der Waals surface area contributed by atoms with Gasteiger partial charge >= 0.3 is 6.01 Å². The minimum Gasteiger partial charge on any atom is -0.377 e. The zero-order valence-corrected chi connectivity index (χ0v) is 13.8. The number of methoxy groups -OCH3 is 1. The van der Waals surface area contributed by atoms with Crippen molar-refractivity contribution in [1.82, 2.24) is 19.9 Å². The Labute approximate surface area is 139 Å². The first-order valence-corrected chi connectivity index (χ1v) is 8.42. The van der Waals surface area contributed by atoms with Gasteiger partial charge in [-0.15, -0.1) is 0 Å². The largest absolute Gasteiger partial charge is 0.377 e. The highest BCUT2D eigenvalue weighted by Crippen LogP contribution is 2.25. The van der Waals surface area contributed by atoms with Crippen molar-refractivity contribution >= 4 is 6.01 Å². The van der Waals surface area contributed by atoms with Gasteiger partial charge in [0.2, 0.25) is 0 Å². The Hall–Kier alpha value is -2.22. The lowest BCUT2D eigenvalue weighted by Gasteiger charge is -2.22. The maximum atomic E-state index is 12.3. The van der Waals surface area contributed by atoms with Gasteiger partial charge < -0.3 is 14.2 Å². The third-order valence-electron chi connectivity index (χ3n) is 4.76. The van der Waals surface area contributed by atoms with Crippen LogP contribution in [0.2, 0.25) is 0 Å². The predicted molar refractivity (Wildman–Crippen MR) is 85.9 cm³/mol. The molecule has 8 heteroatoms. The molecule has 1 aliphatic carbocycles. The molecule has 3 heterocycles. The van der Waals surface area contributed by atoms with Crippen molar-refractivity contribution in [2.45, 2.75) is 51.3 Å². The lowest BCUT2D eigenvalue weighted by Crippen LogP contribution is -2.37. The molecule has 24 heavy (non-hydrogen) atoms. The summed E-state index contributed by atoms with van der Waals surface area (Å²) in [5.74, 6) is 0.533. The molecule has 0 bridgehead atoms. The minimum atomic E-state index is -0.0203. The first-order valence-electron chi connectivity index (χ1n) is 8.42. The van der Waals surface area contributed by atoms with E-state index in [1.807, 2.05) is 0 Å². The lowest BCUT2D eigenvalue weighted by molar-refractivity contribution is 0.174. The van der Waals surface area contributed by atoms with E-state index in [0.717, 1.165) is 49.9 Å². The van der Waals surface area contributed by atoms with Crippen LogP contribution in [0.4, 0.5) is 6.01 Å². The van der Waals surface area contributed by atoms with Crippen LogP contribution in [-0.4, -0.2) is 39.6 Å². The number of ether oxygens (including phenoxy) is 1. The Morgan fingerprint density at radius 1 is 1.38 bits per heavy atom. The topological polar surface area (TPSA) is 86.3 Å². The standard InChI is InChI=1S/C16H21N5O3/c1-23-10-14-17-16(24-19-14)20-7-3-5-12(20)9-21-15(22)8-11-4-2-6-13(11)18-21/h8,12H,2-7,9-10H2,1H3. The van der Waals surface area contributed by atoms with Gasteiger partial charge in [-0.25, -0.2) is 4.68 Å². The average molecular weight is 331 g/mol. The molecule has 0 radical (unpaired) electrons. The number of fused-ring (bicyclic) bond motifs is 1. The molecule has 1 fully saturated rings. The van der Waals surface area contributed by atoms with Crippen LogP contribution in [0.25, 0.3) is 0 Å². The SMILES string of the molecule is COCc1noc(N2CCCC2Cn2nc3c(cc2=O)CCC3)n1. The van der Waals surface area contributed by atoms with Crippen LogP contribution in [-0.2, 0) is 30.7 Å². The van der Waals surface area contributed by atoms with Gasteiger partial charge in [0.15, 0.2) is 5.82 Å². The molecule has 0 spiro atoms. The number of anilines is 1. The Bertz CT molecular complexity index is 784. The molecule has 2 aliphatic rings. The number of rotatable bonds is 5. The highest BCUT2D eigenvalue weighted by molar-refractivity contribution is 5.29. The van der Waals surface area contributed by atoms with E-state index in [2.05, 4.69) is 20.1 Å². The van der Waals surface area contributed by atoms with Crippen LogP contribution in [0.5, 0.6) is 0 Å². The molecule has 8 nitrogen and oxygen atoms in total. The van der Waals surface area contributed by atoms with E-state index in [0.29, 0.717) is 25.0 Å². The molecule has 0 amide bonds. The normalized spacial score (nSPS) is 19.9. The molecular weight excluding hydrogens is 310 g/mol. The van der Waals surface area contributed by atoms with E-state index in [9.17, 15) is 4.79 Å². The number of hydrogen-bond acceptors (Lipinski definition) is 7. The Kier molecular flexibility index (Phi) is 4.05. The fourth-order valence-electron chi connectivity index (χ4n) is 3.60. The molecule has 2 aromatic heterocycles. The lowest BCUT2D eigenvalue weighted by atomic mass is 10.2. The van der Waals surface area contributed by atoms with Crippen LogP contribution in [0, 0.1) is 0 Å². The summed E-state index contributed by atoms with van der Waals surface area (Å²) in [6.07, 6.45) is 5.04. The Balaban J connectivity index is 1.54. The fraction of sp³-hybridized carbons (Fsp3) is 0.625. The smallest absolute Gasteiger partial charge is 0.324 e. The first kappa shape index (κ1) is 15.3. The molecule has 0 saturated carbocycles. The molecule has 1 atom stereocenters. The second kappa shape index (κ2) is 6.35. The van der Waals surface area contributed by atoms with Crippen molar-refractivity contribution in [2.24, 2.45) is 0 Å². The van der Waals surface area contributed by atoms with E-state index in [1.54, 1.807) is 17.9 Å². The zero-order valence-electron chi connectivity index (χ0n) is 13.8. The number of aromatic nitrogens is 4. The van der Waals surface area contributed by atoms with Gasteiger partial charge in [0.05, 0.1) is 18.3 Å². The summed E-state index contributed by atoms with van der Waals surface area (Å²) in [5.41, 5.74) is 2.16. The van der Waals surface area contributed by atoms with Gasteiger partial charge in [0.25, 0.3) is 5.56 Å². The maximum absolute atomic E-state index is 12.3. The van der Waals surface area contributed by atoms with Gasteiger partial charge in [-0.05, 0) is 37.7 Å². The summed E-state index contributed by atoms with van der Waals surface area (Å²) >= 11 is 0. The van der Waals surface area contributed by atoms with Crippen LogP contribution in [0.1, 0.15) is 36.3 Å².